The predicted octanol–water partition coefficient (Wildman–Crippen LogP) is 2.43. The number of hydrogen-bond acceptors (Lipinski definition) is 3. The zero-order valence-corrected chi connectivity index (χ0v) is 11.9. The van der Waals surface area contributed by atoms with E-state index in [1.165, 1.54) is 11.1 Å². The van der Waals surface area contributed by atoms with Crippen molar-refractivity contribution in [3.63, 3.8) is 0 Å². The van der Waals surface area contributed by atoms with Crippen molar-refractivity contribution in [1.29, 1.82) is 0 Å². The van der Waals surface area contributed by atoms with Crippen LogP contribution >= 0.6 is 0 Å². The van der Waals surface area contributed by atoms with Gasteiger partial charge in [0.05, 0.1) is 12.8 Å². The molecule has 3 N–H and O–H groups in total. The topological polar surface area (TPSA) is 63.9 Å². The highest BCUT2D eigenvalue weighted by Gasteiger charge is 2.20. The van der Waals surface area contributed by atoms with Gasteiger partial charge in [-0.15, -0.1) is 0 Å². The number of hydrogen-bond donors (Lipinski definition) is 2. The number of aryl methyl sites for hydroxylation is 3. The molecule has 4 nitrogen and oxygen atoms in total. The first-order valence-electron chi connectivity index (χ1n) is 6.44. The average Bonchev–Trinajstić information content (AvgIpc) is 2.81. The number of nitrogens with zero attached hydrogens (tertiary/aromatic N) is 1. The lowest BCUT2D eigenvalue weighted by Crippen LogP contribution is -2.15. The van der Waals surface area contributed by atoms with Crippen LogP contribution in [0.3, 0.4) is 0 Å². The van der Waals surface area contributed by atoms with Gasteiger partial charge in [0, 0.05) is 23.7 Å². The normalized spacial score (nSPS) is 12.5. The number of nitrogens with one attached hydrogen (secondary N) is 1. The fraction of sp³-hybridized carbons (Fsp3) is 0.400. The Morgan fingerprint density at radius 3 is 2.42 bits per heavy atom. The monoisotopic (exact) mass is 259 g/mol. The van der Waals surface area contributed by atoms with E-state index in [1.54, 1.807) is 7.11 Å². The van der Waals surface area contributed by atoms with E-state index in [2.05, 4.69) is 36.2 Å². The van der Waals surface area contributed by atoms with E-state index in [-0.39, 0.29) is 5.92 Å². The van der Waals surface area contributed by atoms with Gasteiger partial charge in [0.1, 0.15) is 5.75 Å². The Labute approximate surface area is 114 Å². The largest absolute Gasteiger partial charge is 0.496 e. The number of ether oxygens (including phenoxy) is 1. The summed E-state index contributed by atoms with van der Waals surface area (Å²) >= 11 is 0. The van der Waals surface area contributed by atoms with Gasteiger partial charge >= 0.3 is 0 Å². The molecule has 0 aliphatic carbocycles. The van der Waals surface area contributed by atoms with Crippen molar-refractivity contribution in [2.24, 2.45) is 5.73 Å². The summed E-state index contributed by atoms with van der Waals surface area (Å²) in [6, 6.07) is 6.24. The maximum Gasteiger partial charge on any atom is 0.123 e. The number of aromatic nitrogens is 2. The molecule has 0 amide bonds. The third-order valence-corrected chi connectivity index (χ3v) is 3.54. The van der Waals surface area contributed by atoms with Crippen molar-refractivity contribution in [3.8, 4) is 5.75 Å². The molecule has 102 valence electrons. The first kappa shape index (κ1) is 13.6. The minimum absolute atomic E-state index is 0.0548. The lowest BCUT2D eigenvalue weighted by Gasteiger charge is -2.18. The summed E-state index contributed by atoms with van der Waals surface area (Å²) < 4.78 is 5.50. The maximum atomic E-state index is 5.95. The van der Waals surface area contributed by atoms with Crippen molar-refractivity contribution in [1.82, 2.24) is 10.2 Å². The van der Waals surface area contributed by atoms with Crippen molar-refractivity contribution in [2.45, 2.75) is 26.7 Å². The van der Waals surface area contributed by atoms with Crippen molar-refractivity contribution in [3.05, 3.63) is 46.3 Å². The number of benzene rings is 1. The Bertz CT molecular complexity index is 575. The van der Waals surface area contributed by atoms with Crippen molar-refractivity contribution >= 4 is 0 Å². The second-order valence-corrected chi connectivity index (χ2v) is 4.94. The van der Waals surface area contributed by atoms with Crippen LogP contribution in [0.5, 0.6) is 5.75 Å². The molecule has 19 heavy (non-hydrogen) atoms. The molecule has 0 saturated heterocycles. The van der Waals surface area contributed by atoms with Gasteiger partial charge in [-0.1, -0.05) is 6.07 Å². The molecule has 2 rings (SSSR count). The second kappa shape index (κ2) is 5.45. The number of aromatic amines is 1. The van der Waals surface area contributed by atoms with Crippen LogP contribution in [-0.4, -0.2) is 23.9 Å². The Morgan fingerprint density at radius 2 is 1.89 bits per heavy atom. The van der Waals surface area contributed by atoms with Gasteiger partial charge in [0.2, 0.25) is 0 Å². The molecule has 1 unspecified atom stereocenters. The van der Waals surface area contributed by atoms with E-state index in [0.29, 0.717) is 6.54 Å². The quantitative estimate of drug-likeness (QED) is 0.886. The predicted molar refractivity (Wildman–Crippen MR) is 76.7 cm³/mol. The molecule has 0 fully saturated rings. The van der Waals surface area contributed by atoms with Crippen LogP contribution in [0.2, 0.25) is 0 Å². The number of methoxy groups -OCH3 is 1. The Kier molecular flexibility index (Phi) is 3.90. The molecule has 0 saturated carbocycles. The van der Waals surface area contributed by atoms with Crippen LogP contribution < -0.4 is 10.5 Å². The number of nitrogens with two attached hydrogens (primary N) is 1. The zero-order valence-electron chi connectivity index (χ0n) is 11.9. The van der Waals surface area contributed by atoms with Crippen LogP contribution in [0.25, 0.3) is 0 Å². The summed E-state index contributed by atoms with van der Waals surface area (Å²) in [7, 11) is 1.69. The summed E-state index contributed by atoms with van der Waals surface area (Å²) in [5.41, 5.74) is 11.5. The summed E-state index contributed by atoms with van der Waals surface area (Å²) in [5, 5.41) is 7.30. The minimum Gasteiger partial charge on any atom is -0.496 e. The van der Waals surface area contributed by atoms with Gasteiger partial charge < -0.3 is 10.5 Å². The van der Waals surface area contributed by atoms with Crippen LogP contribution in [0.15, 0.2) is 18.2 Å². The summed E-state index contributed by atoms with van der Waals surface area (Å²) in [6.45, 7) is 6.67. The molecule has 1 atom stereocenters. The molecule has 1 heterocycles. The molecule has 0 spiro atoms. The fourth-order valence-corrected chi connectivity index (χ4v) is 2.29. The Morgan fingerprint density at radius 1 is 1.21 bits per heavy atom. The van der Waals surface area contributed by atoms with E-state index in [1.807, 2.05) is 13.0 Å². The average molecular weight is 259 g/mol. The fourth-order valence-electron chi connectivity index (χ4n) is 2.29. The van der Waals surface area contributed by atoms with Gasteiger partial charge in [0.25, 0.3) is 0 Å². The molecule has 1 aromatic heterocycles. The Hall–Kier alpha value is -1.81. The molecule has 0 bridgehead atoms. The van der Waals surface area contributed by atoms with Crippen molar-refractivity contribution in [2.75, 3.05) is 13.7 Å². The van der Waals surface area contributed by atoms with E-state index in [9.17, 15) is 0 Å². The van der Waals surface area contributed by atoms with Gasteiger partial charge in [0.15, 0.2) is 0 Å². The molecule has 2 aromatic rings. The lowest BCUT2D eigenvalue weighted by atomic mass is 9.92. The van der Waals surface area contributed by atoms with Gasteiger partial charge in [-0.2, -0.15) is 5.10 Å². The van der Waals surface area contributed by atoms with Crippen LogP contribution in [-0.2, 0) is 0 Å². The summed E-state index contributed by atoms with van der Waals surface area (Å²) in [6.07, 6.45) is 0. The maximum absolute atomic E-state index is 5.95. The van der Waals surface area contributed by atoms with Crippen molar-refractivity contribution < 1.29 is 4.74 Å². The molecule has 0 aliphatic heterocycles. The molecule has 4 heteroatoms. The Balaban J connectivity index is 2.51. The van der Waals surface area contributed by atoms with E-state index >= 15 is 0 Å². The standard InChI is InChI=1S/C15H21N3O/c1-9-5-12(15(19-4)6-10(9)2)13(8-16)14-7-11(3)17-18-14/h5-7,13H,8,16H2,1-4H3,(H,17,18). The minimum atomic E-state index is 0.0548. The number of H-pyrrole nitrogens is 1. The van der Waals surface area contributed by atoms with Crippen LogP contribution in [0, 0.1) is 20.8 Å². The molecular weight excluding hydrogens is 238 g/mol. The van der Waals surface area contributed by atoms with Crippen LogP contribution in [0.1, 0.15) is 34.0 Å². The highest BCUT2D eigenvalue weighted by atomic mass is 16.5. The zero-order chi connectivity index (χ0) is 14.0. The lowest BCUT2D eigenvalue weighted by molar-refractivity contribution is 0.407. The van der Waals surface area contributed by atoms with E-state index in [4.69, 9.17) is 10.5 Å². The molecule has 0 radical (unpaired) electrons. The first-order valence-corrected chi connectivity index (χ1v) is 6.44. The van der Waals surface area contributed by atoms with Gasteiger partial charge in [-0.25, -0.2) is 0 Å². The van der Waals surface area contributed by atoms with Crippen LogP contribution in [0.4, 0.5) is 0 Å². The number of rotatable bonds is 4. The summed E-state index contributed by atoms with van der Waals surface area (Å²) in [4.78, 5) is 0. The smallest absolute Gasteiger partial charge is 0.123 e. The third kappa shape index (κ3) is 2.63. The summed E-state index contributed by atoms with van der Waals surface area (Å²) in [5.74, 6) is 0.929. The molecular formula is C15H21N3O. The third-order valence-electron chi connectivity index (χ3n) is 3.54. The van der Waals surface area contributed by atoms with Gasteiger partial charge in [-0.05, 0) is 44.0 Å². The second-order valence-electron chi connectivity index (χ2n) is 4.94. The van der Waals surface area contributed by atoms with E-state index < -0.39 is 0 Å². The highest BCUT2D eigenvalue weighted by Crippen LogP contribution is 2.32. The van der Waals surface area contributed by atoms with Gasteiger partial charge in [-0.3, -0.25) is 5.10 Å². The van der Waals surface area contributed by atoms with E-state index in [0.717, 1.165) is 22.7 Å². The first-order chi connectivity index (χ1) is 9.06. The highest BCUT2D eigenvalue weighted by molar-refractivity contribution is 5.46. The SMILES string of the molecule is COc1cc(C)c(C)cc1C(CN)c1cc(C)[nH]n1. The molecule has 1 aromatic carbocycles. The molecule has 0 aliphatic rings.